The highest BCUT2D eigenvalue weighted by Crippen LogP contribution is 2.37. The van der Waals surface area contributed by atoms with Gasteiger partial charge in [0.1, 0.15) is 0 Å². The van der Waals surface area contributed by atoms with Gasteiger partial charge in [0.2, 0.25) is 0 Å². The number of ether oxygens (including phenoxy) is 1. The number of methoxy groups -OCH3 is 1. The minimum Gasteiger partial charge on any atom is -0.383 e. The normalized spacial score (nSPS) is 26.1. The number of nitrogens with one attached hydrogen (secondary N) is 1. The molecule has 0 saturated heterocycles. The zero-order valence-corrected chi connectivity index (χ0v) is 9.46. The average Bonchev–Trinajstić information content (AvgIpc) is 3.05. The number of rotatable bonds is 7. The summed E-state index contributed by atoms with van der Waals surface area (Å²) in [4.78, 5) is 0. The van der Waals surface area contributed by atoms with Crippen LogP contribution >= 0.6 is 0 Å². The van der Waals surface area contributed by atoms with E-state index in [2.05, 4.69) is 12.2 Å². The molecule has 2 atom stereocenters. The summed E-state index contributed by atoms with van der Waals surface area (Å²) in [7, 11) is 1.81. The SMILES string of the molecule is COCC(NCC(C)C1CC1)C1CC1. The lowest BCUT2D eigenvalue weighted by atomic mass is 10.1. The molecule has 2 saturated carbocycles. The summed E-state index contributed by atoms with van der Waals surface area (Å²) in [5.74, 6) is 2.79. The van der Waals surface area contributed by atoms with Gasteiger partial charge in [-0.15, -0.1) is 0 Å². The molecule has 82 valence electrons. The van der Waals surface area contributed by atoms with E-state index < -0.39 is 0 Å². The Morgan fingerprint density at radius 1 is 1.21 bits per heavy atom. The summed E-state index contributed by atoms with van der Waals surface area (Å²) in [6.45, 7) is 4.46. The topological polar surface area (TPSA) is 21.3 Å². The first kappa shape index (κ1) is 10.4. The van der Waals surface area contributed by atoms with Gasteiger partial charge >= 0.3 is 0 Å². The van der Waals surface area contributed by atoms with E-state index in [-0.39, 0.29) is 0 Å². The van der Waals surface area contributed by atoms with Crippen molar-refractivity contribution in [1.82, 2.24) is 5.32 Å². The van der Waals surface area contributed by atoms with Gasteiger partial charge in [-0.2, -0.15) is 0 Å². The molecule has 2 heteroatoms. The van der Waals surface area contributed by atoms with Crippen LogP contribution in [0.1, 0.15) is 32.6 Å². The molecule has 2 unspecified atom stereocenters. The van der Waals surface area contributed by atoms with E-state index in [0.29, 0.717) is 6.04 Å². The zero-order chi connectivity index (χ0) is 9.97. The van der Waals surface area contributed by atoms with Crippen molar-refractivity contribution in [3.63, 3.8) is 0 Å². The predicted molar refractivity (Wildman–Crippen MR) is 58.3 cm³/mol. The van der Waals surface area contributed by atoms with E-state index in [1.54, 1.807) is 7.11 Å². The molecule has 2 aliphatic carbocycles. The highest BCUT2D eigenvalue weighted by atomic mass is 16.5. The summed E-state index contributed by atoms with van der Waals surface area (Å²) < 4.78 is 5.25. The lowest BCUT2D eigenvalue weighted by Gasteiger charge is -2.20. The molecule has 0 aliphatic heterocycles. The van der Waals surface area contributed by atoms with Crippen molar-refractivity contribution >= 4 is 0 Å². The maximum Gasteiger partial charge on any atom is 0.0618 e. The second-order valence-corrected chi connectivity index (χ2v) is 5.12. The molecule has 2 fully saturated rings. The monoisotopic (exact) mass is 197 g/mol. The van der Waals surface area contributed by atoms with E-state index in [0.717, 1.165) is 24.4 Å². The second kappa shape index (κ2) is 4.63. The largest absolute Gasteiger partial charge is 0.383 e. The van der Waals surface area contributed by atoms with Gasteiger partial charge in [0, 0.05) is 13.2 Å². The maximum absolute atomic E-state index is 5.25. The first-order valence-electron chi connectivity index (χ1n) is 6.03. The average molecular weight is 197 g/mol. The Morgan fingerprint density at radius 3 is 2.36 bits per heavy atom. The Kier molecular flexibility index (Phi) is 3.45. The van der Waals surface area contributed by atoms with Crippen LogP contribution in [0.25, 0.3) is 0 Å². The quantitative estimate of drug-likeness (QED) is 0.674. The third-order valence-electron chi connectivity index (χ3n) is 3.67. The van der Waals surface area contributed by atoms with Crippen molar-refractivity contribution < 1.29 is 4.74 Å². The van der Waals surface area contributed by atoms with Crippen molar-refractivity contribution in [1.29, 1.82) is 0 Å². The standard InChI is InChI=1S/C12H23NO/c1-9(10-3-4-10)7-13-12(8-14-2)11-5-6-11/h9-13H,3-8H2,1-2H3. The van der Waals surface area contributed by atoms with Gasteiger partial charge in [0.25, 0.3) is 0 Å². The van der Waals surface area contributed by atoms with E-state index >= 15 is 0 Å². The molecule has 0 bridgehead atoms. The van der Waals surface area contributed by atoms with Crippen molar-refractivity contribution in [2.24, 2.45) is 17.8 Å². The molecule has 14 heavy (non-hydrogen) atoms. The first-order valence-corrected chi connectivity index (χ1v) is 6.03. The van der Waals surface area contributed by atoms with Crippen LogP contribution < -0.4 is 5.32 Å². The highest BCUT2D eigenvalue weighted by molar-refractivity contribution is 4.88. The van der Waals surface area contributed by atoms with Gasteiger partial charge in [-0.25, -0.2) is 0 Å². The predicted octanol–water partition coefficient (Wildman–Crippen LogP) is 2.05. The lowest BCUT2D eigenvalue weighted by Crippen LogP contribution is -2.38. The molecule has 0 aromatic rings. The molecule has 0 spiro atoms. The Balaban J connectivity index is 1.64. The third kappa shape index (κ3) is 2.96. The summed E-state index contributed by atoms with van der Waals surface area (Å²) in [5, 5.41) is 3.68. The molecule has 0 aromatic heterocycles. The van der Waals surface area contributed by atoms with Crippen LogP contribution in [0.3, 0.4) is 0 Å². The Labute approximate surface area is 87.4 Å². The van der Waals surface area contributed by atoms with Gasteiger partial charge in [-0.3, -0.25) is 0 Å². The highest BCUT2D eigenvalue weighted by Gasteiger charge is 2.33. The van der Waals surface area contributed by atoms with Crippen LogP contribution in [0.5, 0.6) is 0 Å². The van der Waals surface area contributed by atoms with Gasteiger partial charge in [-0.1, -0.05) is 6.92 Å². The zero-order valence-electron chi connectivity index (χ0n) is 9.46. The fourth-order valence-corrected chi connectivity index (χ4v) is 2.21. The van der Waals surface area contributed by atoms with Crippen LogP contribution in [0.2, 0.25) is 0 Å². The number of hydrogen-bond acceptors (Lipinski definition) is 2. The summed E-state index contributed by atoms with van der Waals surface area (Å²) in [6, 6.07) is 0.626. The van der Waals surface area contributed by atoms with Crippen molar-refractivity contribution in [3.05, 3.63) is 0 Å². The van der Waals surface area contributed by atoms with Crippen LogP contribution in [0.15, 0.2) is 0 Å². The summed E-state index contributed by atoms with van der Waals surface area (Å²) in [5.41, 5.74) is 0. The van der Waals surface area contributed by atoms with Crippen LogP contribution in [0.4, 0.5) is 0 Å². The fraction of sp³-hybridized carbons (Fsp3) is 1.00. The molecule has 2 aliphatic rings. The van der Waals surface area contributed by atoms with E-state index in [4.69, 9.17) is 4.74 Å². The molecule has 0 radical (unpaired) electrons. The Bertz CT molecular complexity index is 175. The minimum absolute atomic E-state index is 0.626. The van der Waals surface area contributed by atoms with E-state index in [1.165, 1.54) is 32.2 Å². The second-order valence-electron chi connectivity index (χ2n) is 5.12. The fourth-order valence-electron chi connectivity index (χ4n) is 2.21. The Morgan fingerprint density at radius 2 is 1.86 bits per heavy atom. The van der Waals surface area contributed by atoms with Gasteiger partial charge < -0.3 is 10.1 Å². The van der Waals surface area contributed by atoms with Crippen molar-refractivity contribution in [2.45, 2.75) is 38.6 Å². The van der Waals surface area contributed by atoms with E-state index in [1.807, 2.05) is 0 Å². The molecule has 1 N–H and O–H groups in total. The lowest BCUT2D eigenvalue weighted by molar-refractivity contribution is 0.154. The molecule has 0 heterocycles. The smallest absolute Gasteiger partial charge is 0.0618 e. The summed E-state index contributed by atoms with van der Waals surface area (Å²) in [6.07, 6.45) is 5.72. The van der Waals surface area contributed by atoms with Gasteiger partial charge in [0.15, 0.2) is 0 Å². The maximum atomic E-state index is 5.25. The van der Waals surface area contributed by atoms with Crippen molar-refractivity contribution in [2.75, 3.05) is 20.3 Å². The summed E-state index contributed by atoms with van der Waals surface area (Å²) >= 11 is 0. The molecule has 2 rings (SSSR count). The molecular formula is C12H23NO. The van der Waals surface area contributed by atoms with Crippen molar-refractivity contribution in [3.8, 4) is 0 Å². The molecule has 0 aromatic carbocycles. The third-order valence-corrected chi connectivity index (χ3v) is 3.67. The van der Waals surface area contributed by atoms with Gasteiger partial charge in [0.05, 0.1) is 6.61 Å². The first-order chi connectivity index (χ1) is 6.81. The van der Waals surface area contributed by atoms with Crippen LogP contribution in [0, 0.1) is 17.8 Å². The van der Waals surface area contributed by atoms with Crippen LogP contribution in [-0.4, -0.2) is 26.3 Å². The molecule has 0 amide bonds. The number of hydrogen-bond donors (Lipinski definition) is 1. The molecule has 2 nitrogen and oxygen atoms in total. The van der Waals surface area contributed by atoms with E-state index in [9.17, 15) is 0 Å². The van der Waals surface area contributed by atoms with Crippen LogP contribution in [-0.2, 0) is 4.74 Å². The minimum atomic E-state index is 0.626. The molecular weight excluding hydrogens is 174 g/mol. The Hall–Kier alpha value is -0.0800. The van der Waals surface area contributed by atoms with Gasteiger partial charge in [-0.05, 0) is 50.0 Å².